The van der Waals surface area contributed by atoms with Crippen LogP contribution in [-0.2, 0) is 0 Å². The molecule has 0 heterocycles. The fraction of sp³-hybridized carbons (Fsp3) is 1.00. The molecule has 0 saturated heterocycles. The van der Waals surface area contributed by atoms with Crippen molar-refractivity contribution >= 4 is 0 Å². The van der Waals surface area contributed by atoms with Gasteiger partial charge < -0.3 is 4.90 Å². The zero-order chi connectivity index (χ0) is 7.98. The van der Waals surface area contributed by atoms with Crippen LogP contribution in [0, 0.1) is 0 Å². The summed E-state index contributed by atoms with van der Waals surface area (Å²) in [6.07, 6.45) is 2.64. The van der Waals surface area contributed by atoms with Crippen molar-refractivity contribution in [2.24, 2.45) is 0 Å². The molecule has 0 aromatic rings. The molecule has 0 aliphatic rings. The quantitative estimate of drug-likeness (QED) is 0.571. The highest BCUT2D eigenvalue weighted by molar-refractivity contribution is 4.62. The predicted molar refractivity (Wildman–Crippen MR) is 47.3 cm³/mol. The van der Waals surface area contributed by atoms with Gasteiger partial charge in [-0.15, -0.1) is 0 Å². The van der Waals surface area contributed by atoms with Crippen LogP contribution in [0.25, 0.3) is 0 Å². The molecule has 0 spiro atoms. The van der Waals surface area contributed by atoms with Crippen LogP contribution in [0.1, 0.15) is 40.5 Å². The van der Waals surface area contributed by atoms with Crippen LogP contribution >= 0.6 is 0 Å². The smallest absolute Gasteiger partial charge is 0.00665 e. The fourth-order valence-corrected chi connectivity index (χ4v) is 1.45. The van der Waals surface area contributed by atoms with Crippen molar-refractivity contribution in [2.45, 2.75) is 46.6 Å². The van der Waals surface area contributed by atoms with Crippen molar-refractivity contribution in [2.75, 3.05) is 13.1 Å². The van der Waals surface area contributed by atoms with E-state index in [0.29, 0.717) is 0 Å². The Morgan fingerprint density at radius 3 is 1.90 bits per heavy atom. The summed E-state index contributed by atoms with van der Waals surface area (Å²) < 4.78 is 0. The first kappa shape index (κ1) is 9.96. The van der Waals surface area contributed by atoms with Crippen molar-refractivity contribution in [3.63, 3.8) is 0 Å². The highest BCUT2D eigenvalue weighted by Crippen LogP contribution is 2.04. The average molecular weight is 143 g/mol. The summed E-state index contributed by atoms with van der Waals surface area (Å²) in [4.78, 5) is 2.50. The van der Waals surface area contributed by atoms with E-state index in [1.807, 2.05) is 0 Å². The van der Waals surface area contributed by atoms with Gasteiger partial charge in [-0.2, -0.15) is 0 Å². The topological polar surface area (TPSA) is 3.24 Å². The van der Waals surface area contributed by atoms with E-state index < -0.39 is 0 Å². The van der Waals surface area contributed by atoms with Crippen LogP contribution in [0.3, 0.4) is 0 Å². The van der Waals surface area contributed by atoms with Gasteiger partial charge in [0.15, 0.2) is 0 Å². The van der Waals surface area contributed by atoms with Gasteiger partial charge in [0.2, 0.25) is 0 Å². The highest BCUT2D eigenvalue weighted by atomic mass is 15.1. The molecule has 0 aromatic heterocycles. The second-order valence-electron chi connectivity index (χ2n) is 2.86. The molecule has 0 fully saturated rings. The molecule has 0 rings (SSSR count). The number of hydrogen-bond donors (Lipinski definition) is 0. The minimum absolute atomic E-state index is 0.778. The average Bonchev–Trinajstić information content (AvgIpc) is 1.91. The maximum atomic E-state index is 2.50. The molecule has 0 radical (unpaired) electrons. The third kappa shape index (κ3) is 3.21. The SMILES string of the molecule is CCC[C@H](C)N(CC)CC. The van der Waals surface area contributed by atoms with Crippen LogP contribution in [0.2, 0.25) is 0 Å². The zero-order valence-electron chi connectivity index (χ0n) is 7.85. The van der Waals surface area contributed by atoms with Gasteiger partial charge in [-0.25, -0.2) is 0 Å². The molecular weight excluding hydrogens is 122 g/mol. The van der Waals surface area contributed by atoms with Crippen molar-refractivity contribution in [1.82, 2.24) is 4.90 Å². The Hall–Kier alpha value is -0.0400. The Balaban J connectivity index is 3.53. The molecule has 0 aromatic carbocycles. The van der Waals surface area contributed by atoms with Crippen molar-refractivity contribution in [1.29, 1.82) is 0 Å². The van der Waals surface area contributed by atoms with Crippen LogP contribution in [0.5, 0.6) is 0 Å². The Morgan fingerprint density at radius 2 is 1.60 bits per heavy atom. The van der Waals surface area contributed by atoms with Gasteiger partial charge >= 0.3 is 0 Å². The van der Waals surface area contributed by atoms with Gasteiger partial charge in [0.05, 0.1) is 0 Å². The summed E-state index contributed by atoms with van der Waals surface area (Å²) in [6, 6.07) is 0.778. The Bertz CT molecular complexity index is 67.1. The van der Waals surface area contributed by atoms with Gasteiger partial charge in [-0.3, -0.25) is 0 Å². The molecule has 1 atom stereocenters. The standard InChI is InChI=1S/C9H21N/c1-5-8-9(4)10(6-2)7-3/h9H,5-8H2,1-4H3/t9-/m0/s1. The minimum atomic E-state index is 0.778. The summed E-state index contributed by atoms with van der Waals surface area (Å²) in [6.45, 7) is 11.4. The normalized spacial score (nSPS) is 14.1. The van der Waals surface area contributed by atoms with E-state index in [1.54, 1.807) is 0 Å². The zero-order valence-corrected chi connectivity index (χ0v) is 7.85. The van der Waals surface area contributed by atoms with E-state index in [-0.39, 0.29) is 0 Å². The van der Waals surface area contributed by atoms with E-state index in [1.165, 1.54) is 25.9 Å². The van der Waals surface area contributed by atoms with E-state index in [4.69, 9.17) is 0 Å². The van der Waals surface area contributed by atoms with Gasteiger partial charge in [0.25, 0.3) is 0 Å². The number of hydrogen-bond acceptors (Lipinski definition) is 1. The molecule has 10 heavy (non-hydrogen) atoms. The van der Waals surface area contributed by atoms with Crippen molar-refractivity contribution in [3.05, 3.63) is 0 Å². The van der Waals surface area contributed by atoms with E-state index in [2.05, 4.69) is 32.6 Å². The monoisotopic (exact) mass is 143 g/mol. The lowest BCUT2D eigenvalue weighted by Gasteiger charge is -2.25. The third-order valence-electron chi connectivity index (χ3n) is 2.14. The molecular formula is C9H21N. The lowest BCUT2D eigenvalue weighted by atomic mass is 10.1. The first-order valence-corrected chi connectivity index (χ1v) is 4.50. The van der Waals surface area contributed by atoms with Crippen LogP contribution < -0.4 is 0 Å². The van der Waals surface area contributed by atoms with Gasteiger partial charge in [0, 0.05) is 6.04 Å². The lowest BCUT2D eigenvalue weighted by molar-refractivity contribution is 0.220. The molecule has 0 unspecified atom stereocenters. The van der Waals surface area contributed by atoms with Crippen LogP contribution in [0.15, 0.2) is 0 Å². The largest absolute Gasteiger partial charge is 0.301 e. The summed E-state index contributed by atoms with van der Waals surface area (Å²) in [5.74, 6) is 0. The summed E-state index contributed by atoms with van der Waals surface area (Å²) >= 11 is 0. The van der Waals surface area contributed by atoms with E-state index in [0.717, 1.165) is 6.04 Å². The molecule has 0 bridgehead atoms. The molecule has 0 amide bonds. The summed E-state index contributed by atoms with van der Waals surface area (Å²) in [7, 11) is 0. The summed E-state index contributed by atoms with van der Waals surface area (Å²) in [5, 5.41) is 0. The van der Waals surface area contributed by atoms with Crippen molar-refractivity contribution in [3.8, 4) is 0 Å². The third-order valence-corrected chi connectivity index (χ3v) is 2.14. The number of rotatable bonds is 5. The van der Waals surface area contributed by atoms with Gasteiger partial charge in [0.1, 0.15) is 0 Å². The molecule has 0 N–H and O–H groups in total. The molecule has 0 aliphatic heterocycles. The van der Waals surface area contributed by atoms with E-state index >= 15 is 0 Å². The van der Waals surface area contributed by atoms with Crippen LogP contribution in [0.4, 0.5) is 0 Å². The van der Waals surface area contributed by atoms with Crippen molar-refractivity contribution < 1.29 is 0 Å². The second-order valence-corrected chi connectivity index (χ2v) is 2.86. The Kier molecular flexibility index (Phi) is 5.70. The molecule has 1 nitrogen and oxygen atoms in total. The number of nitrogens with zero attached hydrogens (tertiary/aromatic N) is 1. The molecule has 0 aliphatic carbocycles. The maximum Gasteiger partial charge on any atom is 0.00665 e. The Labute approximate surface area is 65.4 Å². The first-order chi connectivity index (χ1) is 4.76. The van der Waals surface area contributed by atoms with Gasteiger partial charge in [-0.05, 0) is 26.4 Å². The van der Waals surface area contributed by atoms with Crippen LogP contribution in [-0.4, -0.2) is 24.0 Å². The van der Waals surface area contributed by atoms with E-state index in [9.17, 15) is 0 Å². The highest BCUT2D eigenvalue weighted by Gasteiger charge is 2.06. The fourth-order valence-electron chi connectivity index (χ4n) is 1.45. The first-order valence-electron chi connectivity index (χ1n) is 4.50. The lowest BCUT2D eigenvalue weighted by Crippen LogP contribution is -2.32. The Morgan fingerprint density at radius 1 is 1.10 bits per heavy atom. The summed E-state index contributed by atoms with van der Waals surface area (Å²) in [5.41, 5.74) is 0. The second kappa shape index (κ2) is 5.72. The predicted octanol–water partition coefficient (Wildman–Crippen LogP) is 2.52. The minimum Gasteiger partial charge on any atom is -0.301 e. The molecule has 1 heteroatoms. The molecule has 0 saturated carbocycles. The molecule has 62 valence electrons. The maximum absolute atomic E-state index is 2.50. The van der Waals surface area contributed by atoms with Gasteiger partial charge in [-0.1, -0.05) is 27.2 Å².